The monoisotopic (exact) mass is 479 g/mol. The standard InChI is InChI=1S/C23H30ClN3O4S/c1-6-25-23(29)18(4)26(14-19-9-7-8-16(2)12-19)22(28)15-27(32(5,30)31)21-13-20(24)11-10-17(21)3/h7-13,18H,6,14-15H2,1-5H3,(H,25,29)/t18-/m1/s1. The van der Waals surface area contributed by atoms with Crippen LogP contribution in [0.4, 0.5) is 5.69 Å². The Morgan fingerprint density at radius 3 is 2.41 bits per heavy atom. The zero-order valence-electron chi connectivity index (χ0n) is 19.1. The number of anilines is 1. The molecule has 9 heteroatoms. The predicted octanol–water partition coefficient (Wildman–Crippen LogP) is 3.28. The van der Waals surface area contributed by atoms with E-state index in [9.17, 15) is 18.0 Å². The van der Waals surface area contributed by atoms with Crippen LogP contribution in [0.15, 0.2) is 42.5 Å². The highest BCUT2D eigenvalue weighted by atomic mass is 35.5. The Bertz CT molecular complexity index is 1090. The van der Waals surface area contributed by atoms with Gasteiger partial charge in [-0.2, -0.15) is 0 Å². The van der Waals surface area contributed by atoms with Crippen LogP contribution in [0.3, 0.4) is 0 Å². The largest absolute Gasteiger partial charge is 0.355 e. The Balaban J connectivity index is 2.43. The van der Waals surface area contributed by atoms with E-state index in [1.165, 1.54) is 11.0 Å². The molecular weight excluding hydrogens is 450 g/mol. The third kappa shape index (κ3) is 6.71. The first-order chi connectivity index (χ1) is 14.9. The van der Waals surface area contributed by atoms with E-state index in [4.69, 9.17) is 11.6 Å². The summed E-state index contributed by atoms with van der Waals surface area (Å²) in [5, 5.41) is 3.09. The van der Waals surface area contributed by atoms with Gasteiger partial charge in [0.15, 0.2) is 0 Å². The number of rotatable bonds is 9. The molecule has 2 rings (SSSR count). The molecular formula is C23H30ClN3O4S. The van der Waals surface area contributed by atoms with Gasteiger partial charge in [-0.25, -0.2) is 8.42 Å². The Morgan fingerprint density at radius 2 is 1.81 bits per heavy atom. The van der Waals surface area contributed by atoms with Gasteiger partial charge in [0.1, 0.15) is 12.6 Å². The van der Waals surface area contributed by atoms with Gasteiger partial charge >= 0.3 is 0 Å². The third-order valence-corrected chi connectivity index (χ3v) is 6.43. The lowest BCUT2D eigenvalue weighted by atomic mass is 10.1. The van der Waals surface area contributed by atoms with Gasteiger partial charge in [0.25, 0.3) is 0 Å². The van der Waals surface area contributed by atoms with Crippen molar-refractivity contribution in [1.29, 1.82) is 0 Å². The zero-order chi connectivity index (χ0) is 24.1. The molecule has 2 aromatic rings. The Hall–Kier alpha value is -2.58. The van der Waals surface area contributed by atoms with Crippen LogP contribution in [0.1, 0.15) is 30.5 Å². The van der Waals surface area contributed by atoms with Crippen molar-refractivity contribution in [2.75, 3.05) is 23.7 Å². The molecule has 1 atom stereocenters. The molecule has 32 heavy (non-hydrogen) atoms. The summed E-state index contributed by atoms with van der Waals surface area (Å²) in [5.41, 5.74) is 2.86. The minimum Gasteiger partial charge on any atom is -0.355 e. The first-order valence-electron chi connectivity index (χ1n) is 10.3. The highest BCUT2D eigenvalue weighted by Crippen LogP contribution is 2.26. The van der Waals surface area contributed by atoms with Crippen LogP contribution in [-0.4, -0.2) is 50.5 Å². The molecule has 0 saturated carbocycles. The van der Waals surface area contributed by atoms with Gasteiger partial charge in [-0.05, 0) is 51.0 Å². The van der Waals surface area contributed by atoms with Crippen molar-refractivity contribution in [1.82, 2.24) is 10.2 Å². The van der Waals surface area contributed by atoms with E-state index in [0.717, 1.165) is 21.7 Å². The first kappa shape index (κ1) is 25.7. The number of carbonyl (C=O) groups is 2. The quantitative estimate of drug-likeness (QED) is 0.598. The zero-order valence-corrected chi connectivity index (χ0v) is 20.6. The molecule has 0 unspecified atom stereocenters. The summed E-state index contributed by atoms with van der Waals surface area (Å²) in [4.78, 5) is 27.4. The fourth-order valence-electron chi connectivity index (χ4n) is 3.36. The number of halogens is 1. The summed E-state index contributed by atoms with van der Waals surface area (Å²) in [6.45, 7) is 7.26. The molecule has 0 heterocycles. The van der Waals surface area contributed by atoms with Crippen LogP contribution in [0.25, 0.3) is 0 Å². The molecule has 0 radical (unpaired) electrons. The molecule has 0 aliphatic rings. The average molecular weight is 480 g/mol. The van der Waals surface area contributed by atoms with E-state index in [1.807, 2.05) is 31.2 Å². The number of benzene rings is 2. The lowest BCUT2D eigenvalue weighted by Crippen LogP contribution is -2.51. The lowest BCUT2D eigenvalue weighted by Gasteiger charge is -2.32. The van der Waals surface area contributed by atoms with Gasteiger partial charge in [0, 0.05) is 18.1 Å². The highest BCUT2D eigenvalue weighted by molar-refractivity contribution is 7.92. The van der Waals surface area contributed by atoms with E-state index in [-0.39, 0.29) is 12.5 Å². The van der Waals surface area contributed by atoms with Gasteiger partial charge in [-0.15, -0.1) is 0 Å². The maximum Gasteiger partial charge on any atom is 0.244 e. The van der Waals surface area contributed by atoms with Crippen molar-refractivity contribution in [2.45, 2.75) is 40.3 Å². The second-order valence-electron chi connectivity index (χ2n) is 7.78. The number of nitrogens with zero attached hydrogens (tertiary/aromatic N) is 2. The molecule has 7 nitrogen and oxygen atoms in total. The molecule has 0 saturated heterocycles. The summed E-state index contributed by atoms with van der Waals surface area (Å²) >= 11 is 6.09. The molecule has 0 spiro atoms. The average Bonchev–Trinajstić information content (AvgIpc) is 2.71. The van der Waals surface area contributed by atoms with Gasteiger partial charge in [-0.1, -0.05) is 47.5 Å². The maximum atomic E-state index is 13.4. The second-order valence-corrected chi connectivity index (χ2v) is 10.1. The molecule has 0 aromatic heterocycles. The van der Waals surface area contributed by atoms with Crippen molar-refractivity contribution in [3.05, 3.63) is 64.2 Å². The summed E-state index contributed by atoms with van der Waals surface area (Å²) in [6.07, 6.45) is 1.04. The van der Waals surface area contributed by atoms with Crippen LogP contribution in [0.2, 0.25) is 5.02 Å². The minimum atomic E-state index is -3.79. The normalized spacial score (nSPS) is 12.2. The molecule has 1 N–H and O–H groups in total. The molecule has 2 amide bonds. The number of hydrogen-bond acceptors (Lipinski definition) is 4. The van der Waals surface area contributed by atoms with Gasteiger partial charge in [0.2, 0.25) is 21.8 Å². The van der Waals surface area contributed by atoms with Crippen LogP contribution in [-0.2, 0) is 26.2 Å². The number of aryl methyl sites for hydroxylation is 2. The van der Waals surface area contributed by atoms with Crippen LogP contribution in [0.5, 0.6) is 0 Å². The van der Waals surface area contributed by atoms with Crippen molar-refractivity contribution in [3.8, 4) is 0 Å². The summed E-state index contributed by atoms with van der Waals surface area (Å²) < 4.78 is 26.2. The first-order valence-corrected chi connectivity index (χ1v) is 12.5. The number of nitrogens with one attached hydrogen (secondary N) is 1. The topological polar surface area (TPSA) is 86.8 Å². The van der Waals surface area contributed by atoms with Crippen molar-refractivity contribution in [2.24, 2.45) is 0 Å². The lowest BCUT2D eigenvalue weighted by molar-refractivity contribution is -0.139. The molecule has 174 valence electrons. The Morgan fingerprint density at radius 1 is 1.12 bits per heavy atom. The van der Waals surface area contributed by atoms with Crippen molar-refractivity contribution < 1.29 is 18.0 Å². The molecule has 0 bridgehead atoms. The van der Waals surface area contributed by atoms with E-state index in [0.29, 0.717) is 22.8 Å². The fraction of sp³-hybridized carbons (Fsp3) is 0.391. The van der Waals surface area contributed by atoms with Gasteiger partial charge in [-0.3, -0.25) is 13.9 Å². The number of sulfonamides is 1. The SMILES string of the molecule is CCNC(=O)[C@@H](C)N(Cc1cccc(C)c1)C(=O)CN(c1cc(Cl)ccc1C)S(C)(=O)=O. The van der Waals surface area contributed by atoms with Gasteiger partial charge < -0.3 is 10.2 Å². The number of carbonyl (C=O) groups excluding carboxylic acids is 2. The van der Waals surface area contributed by atoms with Crippen LogP contribution >= 0.6 is 11.6 Å². The van der Waals surface area contributed by atoms with Crippen LogP contribution in [0, 0.1) is 13.8 Å². The number of hydrogen-bond donors (Lipinski definition) is 1. The second kappa shape index (κ2) is 10.8. The maximum absolute atomic E-state index is 13.4. The van der Waals surface area contributed by atoms with E-state index in [2.05, 4.69) is 5.32 Å². The number of likely N-dealkylation sites (N-methyl/N-ethyl adjacent to an activating group) is 1. The summed E-state index contributed by atoms with van der Waals surface area (Å²) in [6, 6.07) is 11.7. The predicted molar refractivity (Wildman–Crippen MR) is 128 cm³/mol. The summed E-state index contributed by atoms with van der Waals surface area (Å²) in [7, 11) is -3.79. The number of amides is 2. The van der Waals surface area contributed by atoms with Gasteiger partial charge in [0.05, 0.1) is 11.9 Å². The van der Waals surface area contributed by atoms with Crippen LogP contribution < -0.4 is 9.62 Å². The molecule has 2 aromatic carbocycles. The fourth-order valence-corrected chi connectivity index (χ4v) is 4.42. The third-order valence-electron chi connectivity index (χ3n) is 5.07. The molecule has 0 aliphatic carbocycles. The Kier molecular flexibility index (Phi) is 8.69. The Labute approximate surface area is 195 Å². The highest BCUT2D eigenvalue weighted by Gasteiger charge is 2.30. The minimum absolute atomic E-state index is 0.172. The van der Waals surface area contributed by atoms with Crippen molar-refractivity contribution in [3.63, 3.8) is 0 Å². The molecule has 0 aliphatic heterocycles. The smallest absolute Gasteiger partial charge is 0.244 e. The van der Waals surface area contributed by atoms with E-state index in [1.54, 1.807) is 32.9 Å². The van der Waals surface area contributed by atoms with E-state index >= 15 is 0 Å². The van der Waals surface area contributed by atoms with Crippen molar-refractivity contribution >= 4 is 39.1 Å². The van der Waals surface area contributed by atoms with E-state index < -0.39 is 28.5 Å². The molecule has 0 fully saturated rings. The summed E-state index contributed by atoms with van der Waals surface area (Å²) in [5.74, 6) is -0.798.